The Morgan fingerprint density at radius 2 is 2.00 bits per heavy atom. The van der Waals surface area contributed by atoms with Crippen molar-refractivity contribution in [3.63, 3.8) is 0 Å². The largest absolute Gasteiger partial charge is 0.506 e. The van der Waals surface area contributed by atoms with Gasteiger partial charge in [-0.05, 0) is 31.2 Å². The van der Waals surface area contributed by atoms with E-state index in [4.69, 9.17) is 10.5 Å². The Kier molecular flexibility index (Phi) is 3.14. The lowest BCUT2D eigenvalue weighted by molar-refractivity contribution is 0.301. The van der Waals surface area contributed by atoms with Crippen molar-refractivity contribution < 1.29 is 9.84 Å². The van der Waals surface area contributed by atoms with Crippen LogP contribution in [0.2, 0.25) is 0 Å². The van der Waals surface area contributed by atoms with Crippen molar-refractivity contribution in [2.75, 3.05) is 5.73 Å². The lowest BCUT2D eigenvalue weighted by Crippen LogP contribution is -2.01. The smallest absolute Gasteiger partial charge is 0.146 e. The van der Waals surface area contributed by atoms with E-state index in [9.17, 15) is 5.11 Å². The average molecular weight is 230 g/mol. The van der Waals surface area contributed by atoms with Gasteiger partial charge in [-0.2, -0.15) is 0 Å². The van der Waals surface area contributed by atoms with Gasteiger partial charge in [-0.1, -0.05) is 12.1 Å². The predicted molar refractivity (Wildman–Crippen MR) is 65.8 cm³/mol. The summed E-state index contributed by atoms with van der Waals surface area (Å²) >= 11 is 0. The number of hydrogen-bond acceptors (Lipinski definition) is 4. The van der Waals surface area contributed by atoms with E-state index >= 15 is 0 Å². The van der Waals surface area contributed by atoms with Crippen molar-refractivity contribution >= 4 is 5.69 Å². The van der Waals surface area contributed by atoms with Crippen LogP contribution in [0.15, 0.2) is 36.4 Å². The lowest BCUT2D eigenvalue weighted by atomic mass is 10.2. The standard InChI is InChI=1S/C13H14N2O2/c1-9-4-2-5-10(15-9)8-17-12-7-3-6-11(16)13(12)14/h2-7,16H,8,14H2,1H3. The Bertz CT molecular complexity index is 527. The molecule has 1 heterocycles. The van der Waals surface area contributed by atoms with Crippen LogP contribution in [0.5, 0.6) is 11.5 Å². The maximum absolute atomic E-state index is 9.42. The number of rotatable bonds is 3. The van der Waals surface area contributed by atoms with Crippen molar-refractivity contribution in [2.45, 2.75) is 13.5 Å². The zero-order valence-electron chi connectivity index (χ0n) is 9.55. The molecular weight excluding hydrogens is 216 g/mol. The molecule has 1 aromatic carbocycles. The summed E-state index contributed by atoms with van der Waals surface area (Å²) in [6.07, 6.45) is 0. The topological polar surface area (TPSA) is 68.4 Å². The first-order valence-electron chi connectivity index (χ1n) is 5.29. The lowest BCUT2D eigenvalue weighted by Gasteiger charge is -2.09. The molecule has 0 atom stereocenters. The van der Waals surface area contributed by atoms with E-state index in [-0.39, 0.29) is 11.4 Å². The molecule has 17 heavy (non-hydrogen) atoms. The molecule has 88 valence electrons. The van der Waals surface area contributed by atoms with Crippen LogP contribution in [0.1, 0.15) is 11.4 Å². The normalized spacial score (nSPS) is 10.2. The Labute approximate surface area is 99.7 Å². The quantitative estimate of drug-likeness (QED) is 0.627. The number of para-hydroxylation sites is 1. The zero-order chi connectivity index (χ0) is 12.3. The molecule has 1 aromatic heterocycles. The van der Waals surface area contributed by atoms with Crippen molar-refractivity contribution in [1.29, 1.82) is 0 Å². The number of benzene rings is 1. The van der Waals surface area contributed by atoms with Gasteiger partial charge in [0.1, 0.15) is 23.8 Å². The number of hydrogen-bond donors (Lipinski definition) is 2. The number of aromatic hydroxyl groups is 1. The molecule has 2 rings (SSSR count). The number of aryl methyl sites for hydroxylation is 1. The number of nitrogens with zero attached hydrogens (tertiary/aromatic N) is 1. The van der Waals surface area contributed by atoms with Crippen LogP contribution in [0.3, 0.4) is 0 Å². The molecule has 3 N–H and O–H groups in total. The molecule has 0 saturated heterocycles. The van der Waals surface area contributed by atoms with E-state index in [0.717, 1.165) is 11.4 Å². The first-order chi connectivity index (χ1) is 8.16. The van der Waals surface area contributed by atoms with Crippen LogP contribution in [0, 0.1) is 6.92 Å². The van der Waals surface area contributed by atoms with Crippen LogP contribution < -0.4 is 10.5 Å². The highest BCUT2D eigenvalue weighted by molar-refractivity contribution is 5.61. The second-order valence-electron chi connectivity index (χ2n) is 3.75. The van der Waals surface area contributed by atoms with Gasteiger partial charge >= 0.3 is 0 Å². The maximum Gasteiger partial charge on any atom is 0.146 e. The molecule has 0 aliphatic carbocycles. The Morgan fingerprint density at radius 3 is 2.76 bits per heavy atom. The minimum absolute atomic E-state index is 0.0275. The highest BCUT2D eigenvalue weighted by atomic mass is 16.5. The van der Waals surface area contributed by atoms with Crippen molar-refractivity contribution in [1.82, 2.24) is 4.98 Å². The van der Waals surface area contributed by atoms with Gasteiger partial charge in [0.25, 0.3) is 0 Å². The number of anilines is 1. The number of nitrogen functional groups attached to an aromatic ring is 1. The molecule has 0 amide bonds. The zero-order valence-corrected chi connectivity index (χ0v) is 9.55. The van der Waals surface area contributed by atoms with Gasteiger partial charge < -0.3 is 15.6 Å². The van der Waals surface area contributed by atoms with E-state index in [1.54, 1.807) is 12.1 Å². The van der Waals surface area contributed by atoms with E-state index in [1.807, 2.05) is 25.1 Å². The first-order valence-corrected chi connectivity index (χ1v) is 5.29. The van der Waals surface area contributed by atoms with Crippen LogP contribution in [0.25, 0.3) is 0 Å². The maximum atomic E-state index is 9.42. The molecule has 0 radical (unpaired) electrons. The Balaban J connectivity index is 2.10. The van der Waals surface area contributed by atoms with Crippen molar-refractivity contribution in [3.05, 3.63) is 47.8 Å². The number of nitrogens with two attached hydrogens (primary N) is 1. The van der Waals surface area contributed by atoms with E-state index in [0.29, 0.717) is 12.4 Å². The summed E-state index contributed by atoms with van der Waals surface area (Å²) in [5.41, 5.74) is 7.70. The third-order valence-electron chi connectivity index (χ3n) is 2.36. The SMILES string of the molecule is Cc1cccc(COc2cccc(O)c2N)n1. The van der Waals surface area contributed by atoms with Crippen LogP contribution in [-0.4, -0.2) is 10.1 Å². The second kappa shape index (κ2) is 4.74. The molecule has 0 bridgehead atoms. The highest BCUT2D eigenvalue weighted by Crippen LogP contribution is 2.30. The Morgan fingerprint density at radius 1 is 1.24 bits per heavy atom. The highest BCUT2D eigenvalue weighted by Gasteiger charge is 2.05. The third kappa shape index (κ3) is 2.66. The molecule has 0 unspecified atom stereocenters. The molecule has 2 aromatic rings. The fourth-order valence-electron chi connectivity index (χ4n) is 1.49. The number of phenolic OH excluding ortho intramolecular Hbond substituents is 1. The summed E-state index contributed by atoms with van der Waals surface area (Å²) < 4.78 is 5.51. The van der Waals surface area contributed by atoms with E-state index in [2.05, 4.69) is 4.98 Å². The van der Waals surface area contributed by atoms with Crippen molar-refractivity contribution in [3.8, 4) is 11.5 Å². The molecule has 0 fully saturated rings. The van der Waals surface area contributed by atoms with Gasteiger partial charge in [0.05, 0.1) is 5.69 Å². The molecule has 4 nitrogen and oxygen atoms in total. The molecule has 0 aliphatic heterocycles. The monoisotopic (exact) mass is 230 g/mol. The second-order valence-corrected chi connectivity index (χ2v) is 3.75. The summed E-state index contributed by atoms with van der Waals surface area (Å²) in [5, 5.41) is 9.42. The summed E-state index contributed by atoms with van der Waals surface area (Å²) in [6, 6.07) is 10.6. The van der Waals surface area contributed by atoms with Gasteiger partial charge in [-0.3, -0.25) is 4.98 Å². The summed E-state index contributed by atoms with van der Waals surface area (Å²) in [4.78, 5) is 4.31. The van der Waals surface area contributed by atoms with Gasteiger partial charge in [0.15, 0.2) is 0 Å². The van der Waals surface area contributed by atoms with Gasteiger partial charge in [0.2, 0.25) is 0 Å². The van der Waals surface area contributed by atoms with Crippen molar-refractivity contribution in [2.24, 2.45) is 0 Å². The van der Waals surface area contributed by atoms with Crippen LogP contribution in [0.4, 0.5) is 5.69 Å². The minimum Gasteiger partial charge on any atom is -0.506 e. The Hall–Kier alpha value is -2.23. The molecule has 0 spiro atoms. The number of phenols is 1. The van der Waals surface area contributed by atoms with Gasteiger partial charge in [-0.25, -0.2) is 0 Å². The predicted octanol–water partition coefficient (Wildman–Crippen LogP) is 2.26. The minimum atomic E-state index is 0.0275. The molecular formula is C13H14N2O2. The summed E-state index contributed by atoms with van der Waals surface area (Å²) in [6.45, 7) is 2.25. The molecule has 4 heteroatoms. The van der Waals surface area contributed by atoms with Crippen LogP contribution in [-0.2, 0) is 6.61 Å². The molecule has 0 aliphatic rings. The van der Waals surface area contributed by atoms with E-state index in [1.165, 1.54) is 6.07 Å². The van der Waals surface area contributed by atoms with Gasteiger partial charge in [-0.15, -0.1) is 0 Å². The fraction of sp³-hybridized carbons (Fsp3) is 0.154. The average Bonchev–Trinajstić information content (AvgIpc) is 2.31. The van der Waals surface area contributed by atoms with E-state index < -0.39 is 0 Å². The summed E-state index contributed by atoms with van der Waals surface area (Å²) in [5.74, 6) is 0.494. The molecule has 0 saturated carbocycles. The fourth-order valence-corrected chi connectivity index (χ4v) is 1.49. The van der Waals surface area contributed by atoms with Gasteiger partial charge in [0, 0.05) is 5.69 Å². The summed E-state index contributed by atoms with van der Waals surface area (Å²) in [7, 11) is 0. The first kappa shape index (κ1) is 11.3. The number of pyridine rings is 1. The van der Waals surface area contributed by atoms with Crippen LogP contribution >= 0.6 is 0 Å². The number of aromatic nitrogens is 1. The third-order valence-corrected chi connectivity index (χ3v) is 2.36. The number of ether oxygens (including phenoxy) is 1.